The van der Waals surface area contributed by atoms with Crippen LogP contribution in [0.15, 0.2) is 66.9 Å². The van der Waals surface area contributed by atoms with Crippen LogP contribution in [0.4, 0.5) is 10.1 Å². The molecule has 5 rings (SSSR count). The molecule has 1 aromatic heterocycles. The third-order valence-electron chi connectivity index (χ3n) is 5.82. The van der Waals surface area contributed by atoms with E-state index in [-0.39, 0.29) is 29.8 Å². The van der Waals surface area contributed by atoms with E-state index in [0.29, 0.717) is 12.3 Å². The number of phenolic OH excluding ortho intramolecular Hbond substituents is 1. The molecule has 1 aliphatic rings. The molecule has 1 amide bonds. The maximum atomic E-state index is 13.7. The fourth-order valence-corrected chi connectivity index (χ4v) is 4.43. The zero-order valence-electron chi connectivity index (χ0n) is 16.9. The van der Waals surface area contributed by atoms with E-state index in [9.17, 15) is 14.3 Å². The number of nitrogens with one attached hydrogen (secondary N) is 1. The van der Waals surface area contributed by atoms with Crippen LogP contribution < -0.4 is 10.1 Å². The minimum Gasteiger partial charge on any atom is -0.504 e. The van der Waals surface area contributed by atoms with Crippen LogP contribution in [0.5, 0.6) is 11.5 Å². The highest BCUT2D eigenvalue weighted by molar-refractivity contribution is 6.06. The molecule has 31 heavy (non-hydrogen) atoms. The molecule has 6 heteroatoms. The first-order valence-corrected chi connectivity index (χ1v) is 10.1. The van der Waals surface area contributed by atoms with Crippen LogP contribution in [-0.4, -0.2) is 22.7 Å². The standard InChI is InChI=1S/C25H21FN2O3/c1-31-23-9-8-16(11-22(23)29)18-12-24(30)27-20-6-3-7-21-25(20)19(18)14-28(21)13-15-4-2-5-17(26)10-15/h2-11,14,18,29H,12-13H2,1H3,(H,27,30)/t18-/m1/s1. The quantitative estimate of drug-likeness (QED) is 0.491. The van der Waals surface area contributed by atoms with Gasteiger partial charge in [0.05, 0.1) is 18.3 Å². The van der Waals surface area contributed by atoms with Crippen molar-refractivity contribution in [2.24, 2.45) is 0 Å². The second-order valence-corrected chi connectivity index (χ2v) is 7.78. The topological polar surface area (TPSA) is 63.5 Å². The van der Waals surface area contributed by atoms with Crippen molar-refractivity contribution in [2.75, 3.05) is 12.4 Å². The molecule has 1 aliphatic heterocycles. The Labute approximate surface area is 178 Å². The van der Waals surface area contributed by atoms with Crippen LogP contribution in [-0.2, 0) is 11.3 Å². The molecule has 0 unspecified atom stereocenters. The highest BCUT2D eigenvalue weighted by Crippen LogP contribution is 2.42. The van der Waals surface area contributed by atoms with Gasteiger partial charge in [0.15, 0.2) is 11.5 Å². The Kier molecular flexibility index (Phi) is 4.62. The number of benzene rings is 3. The molecule has 0 aliphatic carbocycles. The minimum absolute atomic E-state index is 0.0355. The third-order valence-corrected chi connectivity index (χ3v) is 5.82. The lowest BCUT2D eigenvalue weighted by Gasteiger charge is -2.16. The van der Waals surface area contributed by atoms with E-state index in [1.165, 1.54) is 19.2 Å². The van der Waals surface area contributed by atoms with E-state index >= 15 is 0 Å². The van der Waals surface area contributed by atoms with Crippen LogP contribution in [0.25, 0.3) is 10.9 Å². The van der Waals surface area contributed by atoms with Gasteiger partial charge in [0.25, 0.3) is 0 Å². The van der Waals surface area contributed by atoms with Crippen molar-refractivity contribution in [1.82, 2.24) is 4.57 Å². The molecule has 0 saturated heterocycles. The lowest BCUT2D eigenvalue weighted by atomic mass is 9.88. The molecule has 1 atom stereocenters. The van der Waals surface area contributed by atoms with Gasteiger partial charge in [-0.25, -0.2) is 4.39 Å². The number of aromatic nitrogens is 1. The largest absolute Gasteiger partial charge is 0.504 e. The Bertz CT molecular complexity index is 1310. The molecule has 0 saturated carbocycles. The van der Waals surface area contributed by atoms with Gasteiger partial charge in [-0.15, -0.1) is 0 Å². The third kappa shape index (κ3) is 3.40. The number of nitrogens with zero attached hydrogens (tertiary/aromatic N) is 1. The summed E-state index contributed by atoms with van der Waals surface area (Å²) in [6.45, 7) is 0.506. The number of rotatable bonds is 4. The SMILES string of the molecule is COc1ccc([C@H]2CC(=O)Nc3cccc4c3c2cn4Cc2cccc(F)c2)cc1O. The van der Waals surface area contributed by atoms with Gasteiger partial charge >= 0.3 is 0 Å². The van der Waals surface area contributed by atoms with Crippen molar-refractivity contribution in [3.8, 4) is 11.5 Å². The summed E-state index contributed by atoms with van der Waals surface area (Å²) >= 11 is 0. The number of methoxy groups -OCH3 is 1. The Morgan fingerprint density at radius 2 is 2.00 bits per heavy atom. The number of ether oxygens (including phenoxy) is 1. The normalized spacial score (nSPS) is 15.5. The van der Waals surface area contributed by atoms with Gasteiger partial charge in [-0.3, -0.25) is 4.79 Å². The minimum atomic E-state index is -0.269. The van der Waals surface area contributed by atoms with Crippen LogP contribution in [0.3, 0.4) is 0 Å². The predicted octanol–water partition coefficient (Wildman–Crippen LogP) is 5.02. The van der Waals surface area contributed by atoms with Gasteiger partial charge in [0.2, 0.25) is 5.91 Å². The lowest BCUT2D eigenvalue weighted by Crippen LogP contribution is -2.14. The summed E-state index contributed by atoms with van der Waals surface area (Å²) in [7, 11) is 1.50. The Morgan fingerprint density at radius 3 is 2.77 bits per heavy atom. The Balaban J connectivity index is 1.67. The highest BCUT2D eigenvalue weighted by atomic mass is 19.1. The first-order valence-electron chi connectivity index (χ1n) is 10.1. The predicted molar refractivity (Wildman–Crippen MR) is 117 cm³/mol. The number of carbonyl (C=O) groups is 1. The number of carbonyl (C=O) groups excluding carboxylic acids is 1. The number of aromatic hydroxyl groups is 1. The monoisotopic (exact) mass is 416 g/mol. The summed E-state index contributed by atoms with van der Waals surface area (Å²) in [5.74, 6) is -0.170. The van der Waals surface area contributed by atoms with Gasteiger partial charge in [0, 0.05) is 30.5 Å². The van der Waals surface area contributed by atoms with Crippen molar-refractivity contribution < 1.29 is 19.0 Å². The second-order valence-electron chi connectivity index (χ2n) is 7.78. The summed E-state index contributed by atoms with van der Waals surface area (Å²) in [5, 5.41) is 14.3. The van der Waals surface area contributed by atoms with Crippen LogP contribution in [0.2, 0.25) is 0 Å². The first kappa shape index (κ1) is 19.2. The summed E-state index contributed by atoms with van der Waals surface area (Å²) in [4.78, 5) is 12.6. The summed E-state index contributed by atoms with van der Waals surface area (Å²) < 4.78 is 21.0. The summed E-state index contributed by atoms with van der Waals surface area (Å²) in [6.07, 6.45) is 2.28. The number of hydrogen-bond donors (Lipinski definition) is 2. The molecule has 0 radical (unpaired) electrons. The number of phenols is 1. The van der Waals surface area contributed by atoms with Gasteiger partial charge in [-0.1, -0.05) is 24.3 Å². The smallest absolute Gasteiger partial charge is 0.225 e. The fraction of sp³-hybridized carbons (Fsp3) is 0.160. The molecular formula is C25H21FN2O3. The molecule has 0 fully saturated rings. The van der Waals surface area contributed by atoms with E-state index in [1.807, 2.05) is 36.5 Å². The summed E-state index contributed by atoms with van der Waals surface area (Å²) in [6, 6.07) is 17.6. The molecule has 0 bridgehead atoms. The second kappa shape index (κ2) is 7.47. The van der Waals surface area contributed by atoms with Gasteiger partial charge in [-0.2, -0.15) is 0 Å². The molecular weight excluding hydrogens is 395 g/mol. The van der Waals surface area contributed by atoms with E-state index < -0.39 is 0 Å². The number of hydrogen-bond acceptors (Lipinski definition) is 3. The van der Waals surface area contributed by atoms with Crippen molar-refractivity contribution in [3.05, 3.63) is 89.4 Å². The maximum absolute atomic E-state index is 13.7. The molecule has 3 aromatic carbocycles. The van der Waals surface area contributed by atoms with Crippen LogP contribution in [0, 0.1) is 5.82 Å². The summed E-state index contributed by atoms with van der Waals surface area (Å²) in [5.41, 5.74) is 4.39. The van der Waals surface area contributed by atoms with Crippen molar-refractivity contribution in [2.45, 2.75) is 18.9 Å². The first-order chi connectivity index (χ1) is 15.0. The van der Waals surface area contributed by atoms with Crippen molar-refractivity contribution in [1.29, 1.82) is 0 Å². The molecule has 4 aromatic rings. The molecule has 2 heterocycles. The van der Waals surface area contributed by atoms with E-state index in [1.54, 1.807) is 18.2 Å². The van der Waals surface area contributed by atoms with Gasteiger partial charge in [0.1, 0.15) is 5.82 Å². The van der Waals surface area contributed by atoms with E-state index in [0.717, 1.165) is 33.3 Å². The van der Waals surface area contributed by atoms with Crippen molar-refractivity contribution >= 4 is 22.5 Å². The van der Waals surface area contributed by atoms with Crippen LogP contribution >= 0.6 is 0 Å². The molecule has 156 valence electrons. The highest BCUT2D eigenvalue weighted by Gasteiger charge is 2.28. The number of halogens is 1. The average molecular weight is 416 g/mol. The maximum Gasteiger partial charge on any atom is 0.225 e. The lowest BCUT2D eigenvalue weighted by molar-refractivity contribution is -0.116. The number of amides is 1. The van der Waals surface area contributed by atoms with Gasteiger partial charge in [-0.05, 0) is 53.1 Å². The average Bonchev–Trinajstić information content (AvgIpc) is 3.03. The molecule has 2 N–H and O–H groups in total. The molecule has 5 nitrogen and oxygen atoms in total. The molecule has 0 spiro atoms. The number of anilines is 1. The Morgan fingerprint density at radius 1 is 1.16 bits per heavy atom. The van der Waals surface area contributed by atoms with E-state index in [4.69, 9.17) is 4.74 Å². The van der Waals surface area contributed by atoms with Gasteiger partial charge < -0.3 is 19.7 Å². The van der Waals surface area contributed by atoms with E-state index in [2.05, 4.69) is 9.88 Å². The Hall–Kier alpha value is -3.80. The zero-order chi connectivity index (χ0) is 21.5. The van der Waals surface area contributed by atoms with Crippen molar-refractivity contribution in [3.63, 3.8) is 0 Å². The zero-order valence-corrected chi connectivity index (χ0v) is 16.9. The van der Waals surface area contributed by atoms with Crippen LogP contribution in [0.1, 0.15) is 29.0 Å². The fourth-order valence-electron chi connectivity index (χ4n) is 4.43.